The maximum atomic E-state index is 8.88. The molecule has 0 unspecified atom stereocenters. The Hall–Kier alpha value is 0.682. The molecule has 0 aliphatic heterocycles. The molecule has 0 fully saturated rings. The van der Waals surface area contributed by atoms with E-state index in [0.29, 0.717) is 0 Å². The van der Waals surface area contributed by atoms with Gasteiger partial charge in [0.1, 0.15) is 0 Å². The van der Waals surface area contributed by atoms with Gasteiger partial charge in [-0.2, -0.15) is 0 Å². The van der Waals surface area contributed by atoms with Gasteiger partial charge in [0.15, 0.2) is 0 Å². The van der Waals surface area contributed by atoms with Crippen LogP contribution in [0.5, 0.6) is 0 Å². The molecule has 10 heteroatoms. The van der Waals surface area contributed by atoms with Gasteiger partial charge in [-0.1, -0.05) is 0 Å². The van der Waals surface area contributed by atoms with Gasteiger partial charge in [0, 0.05) is 0 Å². The zero-order valence-corrected chi connectivity index (χ0v) is 9.39. The van der Waals surface area contributed by atoms with E-state index in [0.717, 1.165) is 0 Å². The molecule has 0 amide bonds. The van der Waals surface area contributed by atoms with Crippen molar-refractivity contribution in [2.24, 2.45) is 0 Å². The van der Waals surface area contributed by atoms with Crippen molar-refractivity contribution in [2.45, 2.75) is 0 Å². The fourth-order valence-corrected chi connectivity index (χ4v) is 0. The predicted molar refractivity (Wildman–Crippen MR) is 15.6 cm³/mol. The van der Waals surface area contributed by atoms with Crippen LogP contribution in [0.2, 0.25) is 0 Å². The zero-order valence-electron chi connectivity index (χ0n) is 4.33. The Morgan fingerprint density at radius 2 is 1.10 bits per heavy atom. The Morgan fingerprint density at radius 1 is 1.10 bits per heavy atom. The van der Waals surface area contributed by atoms with Crippen molar-refractivity contribution in [3.63, 3.8) is 0 Å². The van der Waals surface area contributed by atoms with Gasteiger partial charge in [-0.3, -0.25) is 0 Å². The maximum absolute atomic E-state index is 8.88. The van der Waals surface area contributed by atoms with Crippen molar-refractivity contribution in [2.75, 3.05) is 0 Å². The second-order valence-corrected chi connectivity index (χ2v) is 2.32. The van der Waals surface area contributed by atoms with Crippen molar-refractivity contribution in [1.82, 2.24) is 0 Å². The molecule has 8 nitrogen and oxygen atoms in total. The number of rotatable bonds is 0. The summed E-state index contributed by atoms with van der Waals surface area (Å²) in [6.45, 7) is 0. The second kappa shape index (κ2) is 12.4. The molecule has 0 bridgehead atoms. The molecule has 0 aromatic carbocycles. The molecule has 0 rings (SSSR count). The summed E-state index contributed by atoms with van der Waals surface area (Å²) in [7, 11) is -4.64. The predicted octanol–water partition coefficient (Wildman–Crippen LogP) is -3.54. The average molecular weight is 400 g/mol. The van der Waals surface area contributed by atoms with Crippen LogP contribution in [0, 0.1) is 27.8 Å². The molecular formula is H3O8PU. The van der Waals surface area contributed by atoms with Crippen LogP contribution in [-0.2, 0) is 9.04 Å². The van der Waals surface area contributed by atoms with Crippen molar-refractivity contribution in [1.29, 1.82) is 0 Å². The Morgan fingerprint density at radius 3 is 1.10 bits per heavy atom. The fraction of sp³-hybridized carbons (Fsp3) is 0. The van der Waals surface area contributed by atoms with E-state index in [2.05, 4.69) is 0 Å². The normalized spacial score (nSPS) is 7.30. The van der Waals surface area contributed by atoms with Crippen LogP contribution in [0.1, 0.15) is 0 Å². The fourth-order valence-electron chi connectivity index (χ4n) is 0. The third-order valence-corrected chi connectivity index (χ3v) is 0. The van der Waals surface area contributed by atoms with Crippen molar-refractivity contribution >= 4 is 7.82 Å². The van der Waals surface area contributed by atoms with Gasteiger partial charge >= 0.3 is 40.1 Å². The summed E-state index contributed by atoms with van der Waals surface area (Å²) in [5.41, 5.74) is 0. The number of hydrogen-bond acceptors (Lipinski definition) is 5. The first-order valence-corrected chi connectivity index (χ1v) is 6.32. The first-order valence-electron chi connectivity index (χ1n) is 1.36. The van der Waals surface area contributed by atoms with E-state index in [1.807, 2.05) is 0 Å². The quantitative estimate of drug-likeness (QED) is 0.214. The molecule has 60 valence electrons. The second-order valence-electron chi connectivity index (χ2n) is 0.597. The Balaban J connectivity index is -0.0000000847. The van der Waals surface area contributed by atoms with Gasteiger partial charge in [-0.25, -0.2) is 4.57 Å². The summed E-state index contributed by atoms with van der Waals surface area (Å²) in [6, 6.07) is 0. The van der Waals surface area contributed by atoms with E-state index < -0.39 is 35.6 Å². The standard InChI is InChI=1S/H3O4P.O2.2O.U/c1-5(2,3)4;1-2;;;/h(H3,1,2,3,4);;;;/q;-2;;;+2. The van der Waals surface area contributed by atoms with Crippen LogP contribution < -0.4 is 10.5 Å². The van der Waals surface area contributed by atoms with Gasteiger partial charge < -0.3 is 25.2 Å². The Labute approximate surface area is 69.9 Å². The molecule has 0 spiro atoms. The molecule has 0 saturated heterocycles. The summed E-state index contributed by atoms with van der Waals surface area (Å²) >= 11 is -2.51. The van der Waals surface area contributed by atoms with E-state index in [4.69, 9.17) is 34.2 Å². The number of phosphoric acid groups is 1. The Kier molecular flexibility index (Phi) is 21.0. The third-order valence-electron chi connectivity index (χ3n) is 0. The average Bonchev–Trinajstić information content (AvgIpc) is 1.68. The molecular weight excluding hydrogens is 397 g/mol. The molecule has 0 heterocycles. The van der Waals surface area contributed by atoms with Crippen LogP contribution >= 0.6 is 7.82 Å². The van der Waals surface area contributed by atoms with Crippen LogP contribution in [0.4, 0.5) is 0 Å². The molecule has 0 aromatic rings. The molecule has 0 aliphatic rings. The molecule has 0 aromatic heterocycles. The molecule has 0 aliphatic carbocycles. The van der Waals surface area contributed by atoms with Gasteiger partial charge in [0.2, 0.25) is 0 Å². The summed E-state index contributed by atoms with van der Waals surface area (Å²) in [5.74, 6) is 0. The van der Waals surface area contributed by atoms with Crippen LogP contribution in [0.25, 0.3) is 0 Å². The minimum absolute atomic E-state index is 2.51. The van der Waals surface area contributed by atoms with Crippen LogP contribution in [0.3, 0.4) is 0 Å². The van der Waals surface area contributed by atoms with E-state index in [-0.39, 0.29) is 0 Å². The van der Waals surface area contributed by atoms with E-state index >= 15 is 0 Å². The van der Waals surface area contributed by atoms with Gasteiger partial charge in [-0.15, -0.1) is 0 Å². The summed E-state index contributed by atoms with van der Waals surface area (Å²) in [6.07, 6.45) is 0. The van der Waals surface area contributed by atoms with Crippen molar-refractivity contribution < 1.29 is 62.0 Å². The molecule has 0 radical (unpaired) electrons. The molecule has 10 heavy (non-hydrogen) atoms. The zero-order chi connectivity index (χ0) is 9.21. The summed E-state index contributed by atoms with van der Waals surface area (Å²) < 4.78 is 26.1. The molecule has 3 N–H and O–H groups in total. The molecule has 0 atom stereocenters. The SMILES string of the molecule is O=P(O)(O)O.[O-][O-].[O]=[U+2]=[O]. The summed E-state index contributed by atoms with van der Waals surface area (Å²) in [5, 5.41) is 14.0. The van der Waals surface area contributed by atoms with Crippen molar-refractivity contribution in [3.05, 3.63) is 0 Å². The van der Waals surface area contributed by atoms with E-state index in [1.54, 1.807) is 0 Å². The Bertz CT molecular complexity index is 107. The number of hydrogen-bond donors (Lipinski definition) is 3. The van der Waals surface area contributed by atoms with Crippen molar-refractivity contribution in [3.8, 4) is 0 Å². The summed E-state index contributed by atoms with van der Waals surface area (Å²) in [4.78, 5) is 21.6. The third kappa shape index (κ3) is 1100. The minimum atomic E-state index is -4.64. The van der Waals surface area contributed by atoms with Gasteiger partial charge in [0.05, 0.1) is 0 Å². The van der Waals surface area contributed by atoms with E-state index in [9.17, 15) is 0 Å². The monoisotopic (exact) mass is 400 g/mol. The van der Waals surface area contributed by atoms with E-state index in [1.165, 1.54) is 0 Å². The van der Waals surface area contributed by atoms with Crippen LogP contribution in [-0.4, -0.2) is 14.7 Å². The first-order chi connectivity index (χ1) is 4.41. The van der Waals surface area contributed by atoms with Gasteiger partial charge in [0.25, 0.3) is 0 Å². The topological polar surface area (TPSA) is 158 Å². The molecule has 0 saturated carbocycles. The van der Waals surface area contributed by atoms with Gasteiger partial charge in [-0.05, 0) is 0 Å². The van der Waals surface area contributed by atoms with Crippen LogP contribution in [0.15, 0.2) is 0 Å². The first kappa shape index (κ1) is 17.0.